The molecule has 0 saturated heterocycles. The van der Waals surface area contributed by atoms with E-state index in [0.717, 1.165) is 51.4 Å². The number of phosphoric ester groups is 1. The predicted molar refractivity (Wildman–Crippen MR) is 201 cm³/mol. The number of allylic oxidation sites excluding steroid dienone is 9. The maximum absolute atomic E-state index is 12.5. The molecule has 0 aliphatic carbocycles. The van der Waals surface area contributed by atoms with Crippen molar-refractivity contribution in [3.05, 3.63) is 60.9 Å². The molecule has 0 spiro atoms. The van der Waals surface area contributed by atoms with Crippen molar-refractivity contribution in [2.45, 2.75) is 155 Å². The molecule has 0 amide bonds. The molecule has 0 aliphatic rings. The van der Waals surface area contributed by atoms with Crippen molar-refractivity contribution in [2.24, 2.45) is 5.73 Å². The van der Waals surface area contributed by atoms with Gasteiger partial charge in [0.05, 0.1) is 19.5 Å². The third-order valence-corrected chi connectivity index (χ3v) is 8.50. The minimum absolute atomic E-state index is 0.0134. The van der Waals surface area contributed by atoms with Gasteiger partial charge in [0.25, 0.3) is 0 Å². The minimum atomic E-state index is -4.30. The molecule has 0 aromatic rings. The van der Waals surface area contributed by atoms with Gasteiger partial charge in [-0.1, -0.05) is 133 Å². The quantitative estimate of drug-likeness (QED) is 0.0221. The van der Waals surface area contributed by atoms with Gasteiger partial charge in [-0.05, 0) is 63.9 Å². The zero-order valence-electron chi connectivity index (χ0n) is 30.4. The van der Waals surface area contributed by atoms with Crippen LogP contribution >= 0.6 is 7.82 Å². The molecule has 0 saturated carbocycles. The third-order valence-electron chi connectivity index (χ3n) is 7.51. The highest BCUT2D eigenvalue weighted by Gasteiger charge is 2.25. The molecule has 0 radical (unpaired) electrons. The lowest BCUT2D eigenvalue weighted by molar-refractivity contribution is -0.153. The lowest BCUT2D eigenvalue weighted by atomic mass is 10.0. The van der Waals surface area contributed by atoms with Gasteiger partial charge in [0.2, 0.25) is 0 Å². The molecule has 9 heteroatoms. The summed E-state index contributed by atoms with van der Waals surface area (Å²) < 4.78 is 33.0. The van der Waals surface area contributed by atoms with E-state index in [1.54, 1.807) is 6.26 Å². The summed E-state index contributed by atoms with van der Waals surface area (Å²) in [5.41, 5.74) is 5.34. The molecule has 2 atom stereocenters. The van der Waals surface area contributed by atoms with Crippen molar-refractivity contribution in [1.82, 2.24) is 0 Å². The number of nitrogens with two attached hydrogens (primary N) is 1. The number of carbonyl (C=O) groups is 1. The largest absolute Gasteiger partial charge is 0.498 e. The van der Waals surface area contributed by atoms with Crippen LogP contribution in [0, 0.1) is 0 Å². The molecular formula is C39H70NO7P. The van der Waals surface area contributed by atoms with Crippen LogP contribution in [-0.4, -0.2) is 43.3 Å². The summed E-state index contributed by atoms with van der Waals surface area (Å²) in [6, 6.07) is 0. The van der Waals surface area contributed by atoms with Crippen LogP contribution < -0.4 is 5.73 Å². The molecule has 0 aromatic carbocycles. The maximum Gasteiger partial charge on any atom is 0.472 e. The van der Waals surface area contributed by atoms with Crippen LogP contribution in [0.1, 0.15) is 149 Å². The van der Waals surface area contributed by atoms with Gasteiger partial charge in [-0.25, -0.2) is 4.57 Å². The van der Waals surface area contributed by atoms with Crippen LogP contribution in [0.2, 0.25) is 0 Å². The second-order valence-corrected chi connectivity index (χ2v) is 13.6. The molecule has 278 valence electrons. The van der Waals surface area contributed by atoms with E-state index in [4.69, 9.17) is 24.3 Å². The standard InChI is InChI=1S/C39H70NO7P/c1-3-5-7-9-11-13-15-17-19-20-22-24-26-28-30-32-39(41)47-38(37-46-48(42,43)45-35-33-40)36-44-34-31-29-27-25-23-21-18-16-14-12-10-8-6-4-2/h5,7,11,13,17,19,22,24,31,34,38H,3-4,6,8-10,12,14-16,18,20-21,23,25-30,32-33,35-37,40H2,1-2H3,(H,42,43)/b7-5-,13-11-,19-17-,24-22-,34-31-/t38-/m1/s1. The van der Waals surface area contributed by atoms with Crippen molar-refractivity contribution in [3.8, 4) is 0 Å². The van der Waals surface area contributed by atoms with Crippen molar-refractivity contribution < 1.29 is 32.8 Å². The predicted octanol–water partition coefficient (Wildman–Crippen LogP) is 11.0. The molecule has 8 nitrogen and oxygen atoms in total. The Morgan fingerprint density at radius 1 is 0.667 bits per heavy atom. The van der Waals surface area contributed by atoms with Crippen molar-refractivity contribution in [3.63, 3.8) is 0 Å². The van der Waals surface area contributed by atoms with E-state index < -0.39 is 19.9 Å². The Bertz CT molecular complexity index is 916. The number of ether oxygens (including phenoxy) is 2. The first kappa shape index (κ1) is 46.0. The molecule has 0 fully saturated rings. The summed E-state index contributed by atoms with van der Waals surface area (Å²) in [6.07, 6.45) is 43.3. The van der Waals surface area contributed by atoms with E-state index in [1.807, 2.05) is 6.08 Å². The summed E-state index contributed by atoms with van der Waals surface area (Å²) >= 11 is 0. The highest BCUT2D eigenvalue weighted by atomic mass is 31.2. The van der Waals surface area contributed by atoms with Gasteiger partial charge >= 0.3 is 13.8 Å². The Kier molecular flexibility index (Phi) is 34.8. The van der Waals surface area contributed by atoms with Gasteiger partial charge < -0.3 is 20.1 Å². The Labute approximate surface area is 293 Å². The van der Waals surface area contributed by atoms with Crippen LogP contribution in [0.25, 0.3) is 0 Å². The smallest absolute Gasteiger partial charge is 0.472 e. The molecular weight excluding hydrogens is 625 g/mol. The first-order valence-electron chi connectivity index (χ1n) is 18.8. The fourth-order valence-electron chi connectivity index (χ4n) is 4.77. The summed E-state index contributed by atoms with van der Waals surface area (Å²) in [5.74, 6) is -0.395. The number of carbonyl (C=O) groups excluding carboxylic acids is 1. The van der Waals surface area contributed by atoms with Gasteiger partial charge in [0, 0.05) is 13.0 Å². The fourth-order valence-corrected chi connectivity index (χ4v) is 5.54. The number of unbranched alkanes of at least 4 members (excludes halogenated alkanes) is 14. The number of phosphoric acid groups is 1. The molecule has 3 N–H and O–H groups in total. The molecule has 0 rings (SSSR count). The zero-order chi connectivity index (χ0) is 35.2. The molecule has 0 aliphatic heterocycles. The minimum Gasteiger partial charge on any atom is -0.498 e. The second-order valence-electron chi connectivity index (χ2n) is 12.1. The molecule has 1 unspecified atom stereocenters. The molecule has 0 heterocycles. The lowest BCUT2D eigenvalue weighted by Crippen LogP contribution is -2.27. The average molecular weight is 696 g/mol. The SMILES string of the molecule is CC/C=C\C/C=C\C/C=C\C/C=C\CCCCC(=O)O[C@H](CO/C=C\CCCCCCCCCCCCCC)COP(=O)(O)OCCN. The maximum atomic E-state index is 12.5. The second kappa shape index (κ2) is 36.3. The average Bonchev–Trinajstić information content (AvgIpc) is 3.07. The van der Waals surface area contributed by atoms with Crippen molar-refractivity contribution in [1.29, 1.82) is 0 Å². The Morgan fingerprint density at radius 2 is 1.19 bits per heavy atom. The van der Waals surface area contributed by atoms with Gasteiger partial charge in [0.1, 0.15) is 6.61 Å². The van der Waals surface area contributed by atoms with Gasteiger partial charge in [-0.2, -0.15) is 0 Å². The number of esters is 1. The van der Waals surface area contributed by atoms with Crippen LogP contribution in [0.4, 0.5) is 0 Å². The normalized spacial score (nSPS) is 14.2. The number of rotatable bonds is 35. The van der Waals surface area contributed by atoms with Crippen LogP contribution in [0.15, 0.2) is 60.9 Å². The number of hydrogen-bond acceptors (Lipinski definition) is 7. The van der Waals surface area contributed by atoms with Crippen molar-refractivity contribution in [2.75, 3.05) is 26.4 Å². The lowest BCUT2D eigenvalue weighted by Gasteiger charge is -2.19. The summed E-state index contributed by atoms with van der Waals surface area (Å²) in [4.78, 5) is 22.3. The van der Waals surface area contributed by atoms with Crippen molar-refractivity contribution >= 4 is 13.8 Å². The highest BCUT2D eigenvalue weighted by Crippen LogP contribution is 2.43. The Hall–Kier alpha value is -1.96. The van der Waals surface area contributed by atoms with E-state index in [1.165, 1.54) is 70.6 Å². The van der Waals surface area contributed by atoms with Gasteiger partial charge in [0.15, 0.2) is 6.10 Å². The topological polar surface area (TPSA) is 117 Å². The molecule has 0 aromatic heterocycles. The Balaban J connectivity index is 4.25. The van der Waals surface area contributed by atoms with Crippen LogP contribution in [-0.2, 0) is 27.9 Å². The summed E-state index contributed by atoms with van der Waals surface area (Å²) in [7, 11) is -4.30. The molecule has 48 heavy (non-hydrogen) atoms. The van der Waals surface area contributed by atoms with E-state index in [9.17, 15) is 14.3 Å². The molecule has 0 bridgehead atoms. The van der Waals surface area contributed by atoms with E-state index >= 15 is 0 Å². The van der Waals surface area contributed by atoms with Crippen LogP contribution in [0.5, 0.6) is 0 Å². The van der Waals surface area contributed by atoms with E-state index in [2.05, 4.69) is 62.5 Å². The summed E-state index contributed by atoms with van der Waals surface area (Å²) in [6.45, 7) is 4.05. The monoisotopic (exact) mass is 695 g/mol. The fraction of sp³-hybridized carbons (Fsp3) is 0.718. The zero-order valence-corrected chi connectivity index (χ0v) is 31.3. The first-order chi connectivity index (χ1) is 23.4. The first-order valence-corrected chi connectivity index (χ1v) is 20.3. The van der Waals surface area contributed by atoms with Gasteiger partial charge in [-0.3, -0.25) is 13.8 Å². The van der Waals surface area contributed by atoms with Gasteiger partial charge in [-0.15, -0.1) is 0 Å². The summed E-state index contributed by atoms with van der Waals surface area (Å²) in [5, 5.41) is 0. The highest BCUT2D eigenvalue weighted by molar-refractivity contribution is 7.47. The van der Waals surface area contributed by atoms with E-state index in [-0.39, 0.29) is 32.8 Å². The third kappa shape index (κ3) is 35.3. The number of hydrogen-bond donors (Lipinski definition) is 2. The Morgan fingerprint density at radius 3 is 1.77 bits per heavy atom. The van der Waals surface area contributed by atoms with Crippen LogP contribution in [0.3, 0.4) is 0 Å². The van der Waals surface area contributed by atoms with E-state index in [0.29, 0.717) is 6.42 Å².